The highest BCUT2D eigenvalue weighted by atomic mass is 127. The van der Waals surface area contributed by atoms with Gasteiger partial charge in [-0.1, -0.05) is 0 Å². The molecule has 0 aliphatic heterocycles. The molecule has 1 aromatic carbocycles. The molecule has 0 heterocycles. The molecule has 0 fully saturated rings. The van der Waals surface area contributed by atoms with Gasteiger partial charge in [-0.05, 0) is 24.6 Å². The van der Waals surface area contributed by atoms with Crippen molar-refractivity contribution in [3.63, 3.8) is 0 Å². The van der Waals surface area contributed by atoms with Gasteiger partial charge in [-0.2, -0.15) is 0 Å². The van der Waals surface area contributed by atoms with Crippen LogP contribution in [0, 0.1) is 5.82 Å². The molecular weight excluding hydrogens is 414 g/mol. The zero-order chi connectivity index (χ0) is 16.5. The van der Waals surface area contributed by atoms with Crippen molar-refractivity contribution < 1.29 is 13.9 Å². The molecule has 8 heteroatoms. The van der Waals surface area contributed by atoms with Crippen molar-refractivity contribution in [1.82, 2.24) is 15.5 Å². The summed E-state index contributed by atoms with van der Waals surface area (Å²) in [6.07, 6.45) is 0. The predicted octanol–water partition coefficient (Wildman–Crippen LogP) is 1.60. The van der Waals surface area contributed by atoms with E-state index in [0.29, 0.717) is 23.8 Å². The van der Waals surface area contributed by atoms with Crippen molar-refractivity contribution in [3.8, 4) is 5.75 Å². The zero-order valence-electron chi connectivity index (χ0n) is 13.9. The van der Waals surface area contributed by atoms with Gasteiger partial charge in [0, 0.05) is 26.7 Å². The van der Waals surface area contributed by atoms with E-state index in [1.165, 1.54) is 24.1 Å². The first-order valence-corrected chi connectivity index (χ1v) is 7.02. The predicted molar refractivity (Wildman–Crippen MR) is 99.9 cm³/mol. The van der Waals surface area contributed by atoms with Crippen LogP contribution in [0.25, 0.3) is 0 Å². The van der Waals surface area contributed by atoms with Crippen molar-refractivity contribution in [2.75, 3.05) is 34.3 Å². The normalized spacial score (nSPS) is 10.6. The maximum atomic E-state index is 13.4. The number of carbonyl (C=O) groups is 1. The maximum absolute atomic E-state index is 13.4. The molecule has 0 aliphatic rings. The van der Waals surface area contributed by atoms with Crippen molar-refractivity contribution in [2.24, 2.45) is 4.99 Å². The van der Waals surface area contributed by atoms with Crippen LogP contribution in [0.2, 0.25) is 0 Å². The van der Waals surface area contributed by atoms with E-state index >= 15 is 0 Å². The van der Waals surface area contributed by atoms with Gasteiger partial charge in [0.25, 0.3) is 0 Å². The van der Waals surface area contributed by atoms with Crippen molar-refractivity contribution >= 4 is 35.8 Å². The molecule has 0 aliphatic carbocycles. The second kappa shape index (κ2) is 11.0. The topological polar surface area (TPSA) is 66.0 Å². The van der Waals surface area contributed by atoms with Crippen LogP contribution in [-0.4, -0.2) is 51.1 Å². The fraction of sp³-hybridized carbons (Fsp3) is 0.467. The minimum atomic E-state index is -0.370. The lowest BCUT2D eigenvalue weighted by atomic mass is 10.2. The van der Waals surface area contributed by atoms with Gasteiger partial charge in [0.1, 0.15) is 11.6 Å². The minimum Gasteiger partial charge on any atom is -0.497 e. The molecule has 6 nitrogen and oxygen atoms in total. The summed E-state index contributed by atoms with van der Waals surface area (Å²) in [5, 5.41) is 5.97. The van der Waals surface area contributed by atoms with E-state index in [0.717, 1.165) is 0 Å². The van der Waals surface area contributed by atoms with Gasteiger partial charge < -0.3 is 20.3 Å². The summed E-state index contributed by atoms with van der Waals surface area (Å²) in [7, 11) is 4.86. The molecule has 1 amide bonds. The molecule has 23 heavy (non-hydrogen) atoms. The number of amides is 1. The first-order valence-electron chi connectivity index (χ1n) is 7.02. The van der Waals surface area contributed by atoms with Gasteiger partial charge in [0.05, 0.1) is 20.2 Å². The Morgan fingerprint density at radius 3 is 2.57 bits per heavy atom. The van der Waals surface area contributed by atoms with Gasteiger partial charge >= 0.3 is 0 Å². The van der Waals surface area contributed by atoms with E-state index in [1.807, 2.05) is 6.92 Å². The Kier molecular flexibility index (Phi) is 10.3. The summed E-state index contributed by atoms with van der Waals surface area (Å²) < 4.78 is 18.4. The highest BCUT2D eigenvalue weighted by molar-refractivity contribution is 14.0. The molecule has 0 saturated heterocycles. The summed E-state index contributed by atoms with van der Waals surface area (Å²) in [5.74, 6) is 0.523. The number of methoxy groups -OCH3 is 1. The quantitative estimate of drug-likeness (QED) is 0.403. The highest BCUT2D eigenvalue weighted by Gasteiger charge is 2.06. The second-order valence-electron chi connectivity index (χ2n) is 4.84. The van der Waals surface area contributed by atoms with Crippen LogP contribution >= 0.6 is 24.0 Å². The molecule has 0 atom stereocenters. The molecular formula is C15H24FIN4O2. The molecule has 1 aromatic rings. The molecule has 0 unspecified atom stereocenters. The second-order valence-corrected chi connectivity index (χ2v) is 4.84. The Hall–Kier alpha value is -1.58. The van der Waals surface area contributed by atoms with Gasteiger partial charge in [-0.25, -0.2) is 9.38 Å². The van der Waals surface area contributed by atoms with Crippen LogP contribution in [0.4, 0.5) is 4.39 Å². The standard InChI is InChI=1S/C15H23FN4O2.HI/c1-5-17-15(19-10-14(21)20(2)3)18-9-11-6-12(16)8-13(7-11)22-4;/h6-8H,5,9-10H2,1-4H3,(H2,17,18,19);1H. The Balaban J connectivity index is 0.00000484. The Labute approximate surface area is 153 Å². The lowest BCUT2D eigenvalue weighted by molar-refractivity contribution is -0.127. The Morgan fingerprint density at radius 1 is 1.30 bits per heavy atom. The van der Waals surface area contributed by atoms with Crippen LogP contribution < -0.4 is 15.4 Å². The summed E-state index contributed by atoms with van der Waals surface area (Å²) >= 11 is 0. The van der Waals surface area contributed by atoms with Crippen LogP contribution in [0.5, 0.6) is 5.75 Å². The third-order valence-corrected chi connectivity index (χ3v) is 2.84. The molecule has 130 valence electrons. The fourth-order valence-electron chi connectivity index (χ4n) is 1.66. The smallest absolute Gasteiger partial charge is 0.241 e. The number of ether oxygens (including phenoxy) is 1. The first-order chi connectivity index (χ1) is 10.5. The lowest BCUT2D eigenvalue weighted by Gasteiger charge is -2.14. The third kappa shape index (κ3) is 8.00. The summed E-state index contributed by atoms with van der Waals surface area (Å²) in [6.45, 7) is 3.01. The van der Waals surface area contributed by atoms with Gasteiger partial charge in [-0.3, -0.25) is 4.79 Å². The number of rotatable bonds is 6. The number of hydrogen-bond acceptors (Lipinski definition) is 3. The number of hydrogen-bond donors (Lipinski definition) is 2. The number of benzene rings is 1. The molecule has 0 radical (unpaired) electrons. The lowest BCUT2D eigenvalue weighted by Crippen LogP contribution is -2.42. The van der Waals surface area contributed by atoms with E-state index < -0.39 is 0 Å². The van der Waals surface area contributed by atoms with Crippen molar-refractivity contribution in [1.29, 1.82) is 0 Å². The molecule has 0 aromatic heterocycles. The molecule has 0 spiro atoms. The molecule has 0 saturated carbocycles. The van der Waals surface area contributed by atoms with Gasteiger partial charge in [-0.15, -0.1) is 24.0 Å². The van der Waals surface area contributed by atoms with E-state index in [1.54, 1.807) is 20.2 Å². The molecule has 0 bridgehead atoms. The average Bonchev–Trinajstić information content (AvgIpc) is 2.48. The van der Waals surface area contributed by atoms with Crippen LogP contribution in [0.3, 0.4) is 0 Å². The number of likely N-dealkylation sites (N-methyl/N-ethyl adjacent to an activating group) is 1. The summed E-state index contributed by atoms with van der Waals surface area (Å²) in [6, 6.07) is 4.44. The van der Waals surface area contributed by atoms with Gasteiger partial charge in [0.15, 0.2) is 5.96 Å². The summed E-state index contributed by atoms with van der Waals surface area (Å²) in [5.41, 5.74) is 0.688. The van der Waals surface area contributed by atoms with Crippen LogP contribution in [-0.2, 0) is 11.3 Å². The average molecular weight is 438 g/mol. The Bertz CT molecular complexity index is 538. The molecule has 1 rings (SSSR count). The van der Waals surface area contributed by atoms with E-state index in [2.05, 4.69) is 15.6 Å². The Morgan fingerprint density at radius 2 is 2.00 bits per heavy atom. The number of halogens is 2. The third-order valence-electron chi connectivity index (χ3n) is 2.84. The van der Waals surface area contributed by atoms with Crippen LogP contribution in [0.1, 0.15) is 12.5 Å². The number of nitrogens with zero attached hydrogens (tertiary/aromatic N) is 2. The van der Waals surface area contributed by atoms with E-state index in [-0.39, 0.29) is 48.8 Å². The molecule has 2 N–H and O–H groups in total. The SMILES string of the molecule is CCNC(=NCc1cc(F)cc(OC)c1)NCC(=O)N(C)C.I. The van der Waals surface area contributed by atoms with Crippen LogP contribution in [0.15, 0.2) is 23.2 Å². The minimum absolute atomic E-state index is 0. The number of carbonyl (C=O) groups excluding carboxylic acids is 1. The number of aliphatic imine (C=N–C) groups is 1. The first kappa shape index (κ1) is 21.4. The van der Waals surface area contributed by atoms with Crippen molar-refractivity contribution in [3.05, 3.63) is 29.6 Å². The highest BCUT2D eigenvalue weighted by Crippen LogP contribution is 2.16. The number of nitrogens with one attached hydrogen (secondary N) is 2. The summed E-state index contributed by atoms with van der Waals surface area (Å²) in [4.78, 5) is 17.4. The number of guanidine groups is 1. The van der Waals surface area contributed by atoms with E-state index in [4.69, 9.17) is 4.74 Å². The van der Waals surface area contributed by atoms with E-state index in [9.17, 15) is 9.18 Å². The maximum Gasteiger partial charge on any atom is 0.241 e. The fourth-order valence-corrected chi connectivity index (χ4v) is 1.66. The van der Waals surface area contributed by atoms with Crippen molar-refractivity contribution in [2.45, 2.75) is 13.5 Å². The monoisotopic (exact) mass is 438 g/mol. The zero-order valence-corrected chi connectivity index (χ0v) is 16.2. The van der Waals surface area contributed by atoms with Gasteiger partial charge in [0.2, 0.25) is 5.91 Å². The largest absolute Gasteiger partial charge is 0.497 e.